The predicted octanol–water partition coefficient (Wildman–Crippen LogP) is 4.27. The Balaban J connectivity index is 2.52. The highest BCUT2D eigenvalue weighted by Crippen LogP contribution is 2.27. The highest BCUT2D eigenvalue weighted by molar-refractivity contribution is 7.85. The molecule has 1 aromatic carbocycles. The molecular formula is C16H21NO2S. The zero-order valence-electron chi connectivity index (χ0n) is 12.7. The minimum Gasteiger partial charge on any atom is -0.454 e. The van der Waals surface area contributed by atoms with Crippen LogP contribution >= 0.6 is 0 Å². The highest BCUT2D eigenvalue weighted by Gasteiger charge is 2.21. The Bertz CT molecular complexity index is 677. The zero-order valence-corrected chi connectivity index (χ0v) is 13.5. The lowest BCUT2D eigenvalue weighted by Gasteiger charge is -2.13. The molecule has 2 aromatic rings. The van der Waals surface area contributed by atoms with Crippen LogP contribution < -0.4 is 0 Å². The number of hydrogen-bond donors (Lipinski definition) is 0. The third-order valence-electron chi connectivity index (χ3n) is 3.12. The number of rotatable bonds is 3. The van der Waals surface area contributed by atoms with Crippen molar-refractivity contribution in [2.75, 3.05) is 0 Å². The van der Waals surface area contributed by atoms with Crippen molar-refractivity contribution in [2.24, 2.45) is 4.40 Å². The topological polar surface area (TPSA) is 42.6 Å². The van der Waals surface area contributed by atoms with Gasteiger partial charge in [0, 0.05) is 10.9 Å². The fourth-order valence-corrected chi connectivity index (χ4v) is 2.65. The number of fused-ring (bicyclic) bond motifs is 1. The van der Waals surface area contributed by atoms with Gasteiger partial charge in [0.25, 0.3) is 0 Å². The molecule has 0 aliphatic heterocycles. The lowest BCUT2D eigenvalue weighted by molar-refractivity contribution is 0.599. The van der Waals surface area contributed by atoms with Gasteiger partial charge in [-0.05, 0) is 40.2 Å². The molecule has 0 saturated heterocycles. The van der Waals surface area contributed by atoms with Crippen molar-refractivity contribution in [1.29, 1.82) is 0 Å². The van der Waals surface area contributed by atoms with E-state index in [9.17, 15) is 4.21 Å². The van der Waals surface area contributed by atoms with Crippen molar-refractivity contribution in [2.45, 2.75) is 45.8 Å². The minimum absolute atomic E-state index is 0.361. The average molecular weight is 291 g/mol. The van der Waals surface area contributed by atoms with Crippen molar-refractivity contribution >= 4 is 27.7 Å². The number of benzene rings is 1. The Kier molecular flexibility index (Phi) is 4.14. The summed E-state index contributed by atoms with van der Waals surface area (Å²) in [5.41, 5.74) is 2.69. The summed E-state index contributed by atoms with van der Waals surface area (Å²) in [4.78, 5) is 0. The van der Waals surface area contributed by atoms with Crippen LogP contribution in [0.25, 0.3) is 11.0 Å². The fourth-order valence-electron chi connectivity index (χ4n) is 2.04. The fraction of sp³-hybridized carbons (Fsp3) is 0.438. The van der Waals surface area contributed by atoms with Gasteiger partial charge in [-0.3, -0.25) is 0 Å². The van der Waals surface area contributed by atoms with Crippen LogP contribution in [0.4, 0.5) is 0 Å². The van der Waals surface area contributed by atoms with Crippen LogP contribution in [0.1, 0.15) is 45.9 Å². The largest absolute Gasteiger partial charge is 0.454 e. The molecule has 1 atom stereocenters. The maximum absolute atomic E-state index is 12.1. The molecule has 0 radical (unpaired) electrons. The van der Waals surface area contributed by atoms with Gasteiger partial charge in [-0.25, -0.2) is 4.21 Å². The molecular weight excluding hydrogens is 270 g/mol. The number of furan rings is 1. The molecule has 20 heavy (non-hydrogen) atoms. The highest BCUT2D eigenvalue weighted by atomic mass is 32.2. The van der Waals surface area contributed by atoms with Crippen LogP contribution in [0.3, 0.4) is 0 Å². The Morgan fingerprint density at radius 1 is 1.30 bits per heavy atom. The monoisotopic (exact) mass is 291 g/mol. The van der Waals surface area contributed by atoms with Gasteiger partial charge in [-0.2, -0.15) is 4.40 Å². The van der Waals surface area contributed by atoms with Crippen LogP contribution in [-0.2, 0) is 17.4 Å². The lowest BCUT2D eigenvalue weighted by atomic mass is 10.1. The van der Waals surface area contributed by atoms with Gasteiger partial charge in [0.2, 0.25) is 0 Å². The van der Waals surface area contributed by atoms with E-state index < -0.39 is 11.0 Å². The molecule has 0 fully saturated rings. The Hall–Kier alpha value is -1.42. The minimum atomic E-state index is -1.27. The summed E-state index contributed by atoms with van der Waals surface area (Å²) in [6.07, 6.45) is 0.862. The molecule has 1 heterocycles. The van der Waals surface area contributed by atoms with Gasteiger partial charge in [0.1, 0.15) is 16.6 Å². The molecule has 0 N–H and O–H groups in total. The maximum atomic E-state index is 12.1. The zero-order chi connectivity index (χ0) is 14.9. The van der Waals surface area contributed by atoms with Crippen molar-refractivity contribution in [3.8, 4) is 0 Å². The van der Waals surface area contributed by atoms with Gasteiger partial charge in [-0.15, -0.1) is 0 Å². The van der Waals surface area contributed by atoms with Gasteiger partial charge in [0.15, 0.2) is 5.76 Å². The summed E-state index contributed by atoms with van der Waals surface area (Å²) in [7, 11) is -1.27. The second-order valence-electron chi connectivity index (χ2n) is 5.80. The molecule has 0 bridgehead atoms. The summed E-state index contributed by atoms with van der Waals surface area (Å²) in [5.74, 6) is 0.756. The molecule has 0 saturated carbocycles. The van der Waals surface area contributed by atoms with Gasteiger partial charge in [0.05, 0.1) is 10.5 Å². The van der Waals surface area contributed by atoms with Crippen LogP contribution in [-0.4, -0.2) is 14.7 Å². The number of nitrogens with zero attached hydrogens (tertiary/aromatic N) is 1. The smallest absolute Gasteiger partial charge is 0.153 e. The second kappa shape index (κ2) is 5.52. The van der Waals surface area contributed by atoms with E-state index in [0.29, 0.717) is 5.71 Å². The second-order valence-corrected chi connectivity index (χ2v) is 7.70. The number of hydrogen-bond acceptors (Lipinski definition) is 2. The summed E-state index contributed by atoms with van der Waals surface area (Å²) in [6.45, 7) is 9.70. The first-order valence-electron chi connectivity index (χ1n) is 6.82. The Morgan fingerprint density at radius 3 is 2.55 bits per heavy atom. The Labute approximate surface area is 122 Å². The summed E-state index contributed by atoms with van der Waals surface area (Å²) >= 11 is 0. The third kappa shape index (κ3) is 2.85. The molecule has 4 heteroatoms. The molecule has 2 rings (SSSR count). The molecule has 0 aliphatic rings. The van der Waals surface area contributed by atoms with Crippen LogP contribution in [0.15, 0.2) is 33.1 Å². The standard InChI is InChI=1S/C16H21NO2S/c1-6-12-13-9-7-8-10-14(13)19-15(12)11(2)17-20(18)16(3,4)5/h7-10H,6H2,1-5H3/t20-/m1/s1. The molecule has 0 aliphatic carbocycles. The van der Waals surface area contributed by atoms with E-state index in [-0.39, 0.29) is 4.75 Å². The SMILES string of the molecule is CCc1c(C(C)=N[S@](=O)C(C)(C)C)oc2ccccc12. The summed E-state index contributed by atoms with van der Waals surface area (Å²) in [6, 6.07) is 7.95. The van der Waals surface area contributed by atoms with Crippen LogP contribution in [0.2, 0.25) is 0 Å². The summed E-state index contributed by atoms with van der Waals surface area (Å²) < 4.78 is 22.0. The van der Waals surface area contributed by atoms with Gasteiger partial charge in [-0.1, -0.05) is 25.1 Å². The van der Waals surface area contributed by atoms with E-state index in [4.69, 9.17) is 4.42 Å². The molecule has 108 valence electrons. The van der Waals surface area contributed by atoms with E-state index in [0.717, 1.165) is 28.7 Å². The van der Waals surface area contributed by atoms with Gasteiger partial charge < -0.3 is 4.42 Å². The predicted molar refractivity (Wildman–Crippen MR) is 85.7 cm³/mol. The van der Waals surface area contributed by atoms with Crippen LogP contribution in [0, 0.1) is 0 Å². The first-order valence-corrected chi connectivity index (χ1v) is 7.93. The van der Waals surface area contributed by atoms with Crippen molar-refractivity contribution in [3.05, 3.63) is 35.6 Å². The third-order valence-corrected chi connectivity index (χ3v) is 4.61. The first kappa shape index (κ1) is 15.0. The van der Waals surface area contributed by atoms with Crippen molar-refractivity contribution in [1.82, 2.24) is 0 Å². The number of aryl methyl sites for hydroxylation is 1. The maximum Gasteiger partial charge on any atom is 0.153 e. The van der Waals surface area contributed by atoms with Crippen LogP contribution in [0.5, 0.6) is 0 Å². The van der Waals surface area contributed by atoms with E-state index in [1.807, 2.05) is 45.9 Å². The molecule has 0 unspecified atom stereocenters. The van der Waals surface area contributed by atoms with E-state index in [1.165, 1.54) is 0 Å². The quantitative estimate of drug-likeness (QED) is 0.793. The molecule has 0 spiro atoms. The normalized spacial score (nSPS) is 14.8. The van der Waals surface area contributed by atoms with E-state index in [1.54, 1.807) is 0 Å². The lowest BCUT2D eigenvalue weighted by Crippen LogP contribution is -2.20. The number of para-hydroxylation sites is 1. The van der Waals surface area contributed by atoms with E-state index in [2.05, 4.69) is 17.4 Å². The van der Waals surface area contributed by atoms with Gasteiger partial charge >= 0.3 is 0 Å². The molecule has 3 nitrogen and oxygen atoms in total. The van der Waals surface area contributed by atoms with E-state index >= 15 is 0 Å². The first-order chi connectivity index (χ1) is 9.34. The Morgan fingerprint density at radius 2 is 1.95 bits per heavy atom. The molecule has 1 aromatic heterocycles. The molecule has 0 amide bonds. The van der Waals surface area contributed by atoms with Crippen molar-refractivity contribution in [3.63, 3.8) is 0 Å². The average Bonchev–Trinajstić information content (AvgIpc) is 2.75. The summed E-state index contributed by atoms with van der Waals surface area (Å²) in [5, 5.41) is 1.11. The van der Waals surface area contributed by atoms with Crippen molar-refractivity contribution < 1.29 is 8.63 Å².